The normalized spacial score (nSPS) is 33.8. The van der Waals surface area contributed by atoms with Gasteiger partial charge in [0.05, 0.1) is 6.61 Å². The van der Waals surface area contributed by atoms with Gasteiger partial charge in [-0.15, -0.1) is 0 Å². The first kappa shape index (κ1) is 11.7. The first-order chi connectivity index (χ1) is 7.63. The molecule has 2 rings (SSSR count). The Morgan fingerprint density at radius 2 is 1.94 bits per heavy atom. The molecule has 2 bridgehead atoms. The van der Waals surface area contributed by atoms with Crippen LogP contribution in [-0.4, -0.2) is 54.7 Å². The van der Waals surface area contributed by atoms with Crippen molar-refractivity contribution >= 4 is 6.09 Å². The Kier molecular flexibility index (Phi) is 3.38. The fourth-order valence-corrected chi connectivity index (χ4v) is 3.07. The zero-order chi connectivity index (χ0) is 11.7. The summed E-state index contributed by atoms with van der Waals surface area (Å²) in [6.07, 6.45) is 4.60. The summed E-state index contributed by atoms with van der Waals surface area (Å²) in [7, 11) is 4.08. The summed E-state index contributed by atoms with van der Waals surface area (Å²) in [6.45, 7) is 2.31. The van der Waals surface area contributed by atoms with Gasteiger partial charge in [0, 0.05) is 25.2 Å². The van der Waals surface area contributed by atoms with Crippen molar-refractivity contribution in [2.24, 2.45) is 0 Å². The molecule has 0 N–H and O–H groups in total. The maximum atomic E-state index is 11.6. The third-order valence-electron chi connectivity index (χ3n) is 4.18. The molecule has 1 unspecified atom stereocenters. The minimum Gasteiger partial charge on any atom is -0.450 e. The monoisotopic (exact) mass is 226 g/mol. The van der Waals surface area contributed by atoms with Gasteiger partial charge >= 0.3 is 6.09 Å². The summed E-state index contributed by atoms with van der Waals surface area (Å²) < 4.78 is 5.05. The predicted molar refractivity (Wildman–Crippen MR) is 62.4 cm³/mol. The second-order valence-electron chi connectivity index (χ2n) is 4.99. The zero-order valence-corrected chi connectivity index (χ0v) is 10.5. The molecule has 2 fully saturated rings. The Balaban J connectivity index is 1.94. The van der Waals surface area contributed by atoms with E-state index >= 15 is 0 Å². The number of hydrogen-bond acceptors (Lipinski definition) is 3. The number of nitrogens with zero attached hydrogens (tertiary/aromatic N) is 2. The first-order valence-electron chi connectivity index (χ1n) is 6.25. The van der Waals surface area contributed by atoms with Crippen molar-refractivity contribution in [1.82, 2.24) is 9.80 Å². The van der Waals surface area contributed by atoms with Crippen LogP contribution in [0.25, 0.3) is 0 Å². The van der Waals surface area contributed by atoms with Gasteiger partial charge in [-0.2, -0.15) is 0 Å². The van der Waals surface area contributed by atoms with E-state index in [1.165, 1.54) is 12.8 Å². The molecule has 3 atom stereocenters. The van der Waals surface area contributed by atoms with E-state index in [1.807, 2.05) is 14.0 Å². The van der Waals surface area contributed by atoms with Crippen molar-refractivity contribution in [3.05, 3.63) is 0 Å². The van der Waals surface area contributed by atoms with Crippen LogP contribution in [0.1, 0.15) is 32.6 Å². The summed E-state index contributed by atoms with van der Waals surface area (Å²) in [4.78, 5) is 15.9. The summed E-state index contributed by atoms with van der Waals surface area (Å²) in [5, 5.41) is 0. The van der Waals surface area contributed by atoms with Crippen LogP contribution in [0, 0.1) is 0 Å². The van der Waals surface area contributed by atoms with Crippen LogP contribution in [-0.2, 0) is 4.74 Å². The van der Waals surface area contributed by atoms with E-state index in [9.17, 15) is 4.79 Å². The standard InChI is InChI=1S/C12H22N2O2/c1-4-16-12(15)14(3)11-7-9-5-6-10(8-11)13(9)2/h9-11H,4-8H2,1-3H3/t9-,10+,11?. The van der Waals surface area contributed by atoms with Crippen molar-refractivity contribution in [2.45, 2.75) is 50.7 Å². The molecule has 0 radical (unpaired) electrons. The molecule has 0 spiro atoms. The number of carbonyl (C=O) groups is 1. The van der Waals surface area contributed by atoms with Gasteiger partial charge in [-0.3, -0.25) is 0 Å². The Labute approximate surface area is 97.5 Å². The van der Waals surface area contributed by atoms with Gasteiger partial charge in [-0.1, -0.05) is 0 Å². The number of fused-ring (bicyclic) bond motifs is 2. The Morgan fingerprint density at radius 1 is 1.38 bits per heavy atom. The molecule has 2 aliphatic rings. The van der Waals surface area contributed by atoms with Crippen LogP contribution >= 0.6 is 0 Å². The fourth-order valence-electron chi connectivity index (χ4n) is 3.07. The van der Waals surface area contributed by atoms with E-state index in [1.54, 1.807) is 4.90 Å². The van der Waals surface area contributed by atoms with Crippen LogP contribution in [0.3, 0.4) is 0 Å². The predicted octanol–water partition coefficient (Wildman–Crippen LogP) is 1.70. The van der Waals surface area contributed by atoms with Gasteiger partial charge < -0.3 is 14.5 Å². The van der Waals surface area contributed by atoms with Crippen molar-refractivity contribution in [3.8, 4) is 0 Å². The molecule has 0 saturated carbocycles. The van der Waals surface area contributed by atoms with Crippen molar-refractivity contribution < 1.29 is 9.53 Å². The lowest BCUT2D eigenvalue weighted by Gasteiger charge is -2.39. The summed E-state index contributed by atoms with van der Waals surface area (Å²) in [5.74, 6) is 0. The van der Waals surface area contributed by atoms with Gasteiger partial charge in [0.1, 0.15) is 0 Å². The number of carbonyl (C=O) groups excluding carboxylic acids is 1. The Morgan fingerprint density at radius 3 is 2.44 bits per heavy atom. The summed E-state index contributed by atoms with van der Waals surface area (Å²) in [5.41, 5.74) is 0. The number of rotatable bonds is 2. The number of hydrogen-bond donors (Lipinski definition) is 0. The third-order valence-corrected chi connectivity index (χ3v) is 4.18. The van der Waals surface area contributed by atoms with Crippen LogP contribution < -0.4 is 0 Å². The van der Waals surface area contributed by atoms with E-state index in [4.69, 9.17) is 4.74 Å². The maximum Gasteiger partial charge on any atom is 0.409 e. The molecule has 92 valence electrons. The highest BCUT2D eigenvalue weighted by atomic mass is 16.6. The Bertz CT molecular complexity index is 256. The topological polar surface area (TPSA) is 32.8 Å². The molecule has 0 aromatic carbocycles. The molecule has 2 heterocycles. The van der Waals surface area contributed by atoms with Crippen LogP contribution in [0.2, 0.25) is 0 Å². The average Bonchev–Trinajstić information content (AvgIpc) is 2.53. The molecule has 2 aliphatic heterocycles. The summed E-state index contributed by atoms with van der Waals surface area (Å²) >= 11 is 0. The maximum absolute atomic E-state index is 11.6. The van der Waals surface area contributed by atoms with Crippen LogP contribution in [0.5, 0.6) is 0 Å². The molecule has 0 aromatic heterocycles. The second-order valence-corrected chi connectivity index (χ2v) is 4.99. The van der Waals surface area contributed by atoms with E-state index in [0.29, 0.717) is 24.7 Å². The van der Waals surface area contributed by atoms with Gasteiger partial charge in [0.25, 0.3) is 0 Å². The smallest absolute Gasteiger partial charge is 0.409 e. The second kappa shape index (κ2) is 4.62. The van der Waals surface area contributed by atoms with Crippen molar-refractivity contribution in [3.63, 3.8) is 0 Å². The minimum atomic E-state index is -0.170. The average molecular weight is 226 g/mol. The molecular weight excluding hydrogens is 204 g/mol. The van der Waals surface area contributed by atoms with Crippen LogP contribution in [0.15, 0.2) is 0 Å². The highest BCUT2D eigenvalue weighted by Crippen LogP contribution is 2.35. The highest BCUT2D eigenvalue weighted by Gasteiger charge is 2.40. The van der Waals surface area contributed by atoms with E-state index in [0.717, 1.165) is 12.8 Å². The molecule has 0 aliphatic carbocycles. The molecular formula is C12H22N2O2. The zero-order valence-electron chi connectivity index (χ0n) is 10.5. The highest BCUT2D eigenvalue weighted by molar-refractivity contribution is 5.67. The quantitative estimate of drug-likeness (QED) is 0.718. The van der Waals surface area contributed by atoms with Gasteiger partial charge in [0.15, 0.2) is 0 Å². The fraction of sp³-hybridized carbons (Fsp3) is 0.917. The molecule has 4 heteroatoms. The lowest BCUT2D eigenvalue weighted by atomic mass is 9.97. The molecule has 4 nitrogen and oxygen atoms in total. The molecule has 2 saturated heterocycles. The van der Waals surface area contributed by atoms with E-state index in [-0.39, 0.29) is 6.09 Å². The minimum absolute atomic E-state index is 0.170. The lowest BCUT2D eigenvalue weighted by molar-refractivity contribution is 0.0647. The van der Waals surface area contributed by atoms with Gasteiger partial charge in [0.2, 0.25) is 0 Å². The number of piperidine rings is 1. The molecule has 16 heavy (non-hydrogen) atoms. The number of ether oxygens (including phenoxy) is 1. The van der Waals surface area contributed by atoms with E-state index in [2.05, 4.69) is 11.9 Å². The largest absolute Gasteiger partial charge is 0.450 e. The lowest BCUT2D eigenvalue weighted by Crippen LogP contribution is -2.49. The van der Waals surface area contributed by atoms with E-state index < -0.39 is 0 Å². The van der Waals surface area contributed by atoms with Crippen LogP contribution in [0.4, 0.5) is 4.79 Å². The Hall–Kier alpha value is -0.770. The van der Waals surface area contributed by atoms with Crippen molar-refractivity contribution in [1.29, 1.82) is 0 Å². The van der Waals surface area contributed by atoms with Gasteiger partial charge in [-0.05, 0) is 39.7 Å². The third kappa shape index (κ3) is 2.03. The SMILES string of the molecule is CCOC(=O)N(C)C1C[C@H]2CC[C@@H](C1)N2C. The van der Waals surface area contributed by atoms with Crippen molar-refractivity contribution in [2.75, 3.05) is 20.7 Å². The van der Waals surface area contributed by atoms with Gasteiger partial charge in [-0.25, -0.2) is 4.79 Å². The summed E-state index contributed by atoms with van der Waals surface area (Å²) in [6, 6.07) is 1.70. The first-order valence-corrected chi connectivity index (χ1v) is 6.25. The molecule has 1 amide bonds. The molecule has 0 aromatic rings. The number of amides is 1.